The third-order valence-corrected chi connectivity index (χ3v) is 6.84. The van der Waals surface area contributed by atoms with Crippen LogP contribution in [0.15, 0.2) is 53.6 Å². The fourth-order valence-electron chi connectivity index (χ4n) is 3.74. The number of carbonyl (C=O) groups excluding carboxylic acids is 1. The topological polar surface area (TPSA) is 82.3 Å². The smallest absolute Gasteiger partial charge is 0.257 e. The summed E-state index contributed by atoms with van der Waals surface area (Å²) in [6, 6.07) is 7.74. The first kappa shape index (κ1) is 21.2. The molecule has 2 aromatic carbocycles. The summed E-state index contributed by atoms with van der Waals surface area (Å²) < 4.78 is 54.5. The van der Waals surface area contributed by atoms with E-state index in [-0.39, 0.29) is 29.4 Å². The number of carbonyl (C=O) groups is 1. The number of sulfonamides is 1. The summed E-state index contributed by atoms with van der Waals surface area (Å²) in [7, 11) is -3.81. The number of H-pyrrole nitrogens is 1. The number of aromatic amines is 1. The quantitative estimate of drug-likeness (QED) is 0.629. The summed E-state index contributed by atoms with van der Waals surface area (Å²) in [5.74, 6) is -1.66. The molecule has 1 amide bonds. The molecule has 0 radical (unpaired) electrons. The van der Waals surface area contributed by atoms with Crippen LogP contribution < -0.4 is 4.72 Å². The van der Waals surface area contributed by atoms with Crippen LogP contribution >= 0.6 is 0 Å². The Labute approximate surface area is 178 Å². The highest BCUT2D eigenvalue weighted by atomic mass is 32.2. The van der Waals surface area contributed by atoms with Gasteiger partial charge < -0.3 is 9.88 Å². The van der Waals surface area contributed by atoms with Gasteiger partial charge in [0.25, 0.3) is 5.91 Å². The second-order valence-corrected chi connectivity index (χ2v) is 9.03. The van der Waals surface area contributed by atoms with Crippen LogP contribution in [0.5, 0.6) is 0 Å². The minimum atomic E-state index is -3.81. The molecule has 0 spiro atoms. The zero-order valence-electron chi connectivity index (χ0n) is 16.8. The van der Waals surface area contributed by atoms with E-state index in [9.17, 15) is 22.0 Å². The molecule has 0 atom stereocenters. The van der Waals surface area contributed by atoms with Crippen molar-refractivity contribution in [1.82, 2.24) is 14.6 Å². The van der Waals surface area contributed by atoms with Gasteiger partial charge in [0.15, 0.2) is 0 Å². The van der Waals surface area contributed by atoms with Crippen molar-refractivity contribution in [1.29, 1.82) is 0 Å². The van der Waals surface area contributed by atoms with E-state index in [0.717, 1.165) is 34.7 Å². The van der Waals surface area contributed by atoms with Gasteiger partial charge in [0, 0.05) is 42.3 Å². The second-order valence-electron chi connectivity index (χ2n) is 7.27. The highest BCUT2D eigenvalue weighted by molar-refractivity contribution is 7.89. The van der Waals surface area contributed by atoms with Crippen molar-refractivity contribution in [3.05, 3.63) is 71.4 Å². The molecule has 1 aromatic heterocycles. The van der Waals surface area contributed by atoms with Gasteiger partial charge in [0.2, 0.25) is 10.0 Å². The lowest BCUT2D eigenvalue weighted by Gasteiger charge is -2.27. The lowest BCUT2D eigenvalue weighted by atomic mass is 9.98. The van der Waals surface area contributed by atoms with Gasteiger partial charge in [0.05, 0.1) is 10.5 Å². The Bertz CT molecular complexity index is 1300. The molecular weight excluding hydrogens is 424 g/mol. The first-order valence-corrected chi connectivity index (χ1v) is 11.3. The van der Waals surface area contributed by atoms with Crippen LogP contribution in [-0.2, 0) is 10.0 Å². The number of nitrogens with zero attached hydrogens (tertiary/aromatic N) is 1. The molecule has 6 nitrogen and oxygen atoms in total. The Morgan fingerprint density at radius 1 is 1.19 bits per heavy atom. The van der Waals surface area contributed by atoms with Crippen molar-refractivity contribution in [3.8, 4) is 0 Å². The molecular formula is C22H21F2N3O3S. The van der Waals surface area contributed by atoms with Crippen LogP contribution in [0.2, 0.25) is 0 Å². The first-order chi connectivity index (χ1) is 14.8. The zero-order chi connectivity index (χ0) is 22.2. The molecule has 0 saturated heterocycles. The number of fused-ring (bicyclic) bond motifs is 1. The standard InChI is InChI=1S/C22H21F2N3O3S/c1-2-26-31(29,30)16-4-6-20(24)18(12-16)22(28)27-9-7-14(8-10-27)19-13-25-21-11-15(23)3-5-17(19)21/h3-7,11-13,25-26H,2,8-10H2,1H3. The SMILES string of the molecule is CCNS(=O)(=O)c1ccc(F)c(C(=O)N2CC=C(c3c[nH]c4cc(F)ccc34)CC2)c1. The van der Waals surface area contributed by atoms with Gasteiger partial charge in [-0.3, -0.25) is 4.79 Å². The summed E-state index contributed by atoms with van der Waals surface area (Å²) in [4.78, 5) is 17.3. The Kier molecular flexibility index (Phi) is 5.63. The highest BCUT2D eigenvalue weighted by Gasteiger charge is 2.25. The van der Waals surface area contributed by atoms with Crippen molar-refractivity contribution in [2.24, 2.45) is 0 Å². The normalized spacial score (nSPS) is 14.7. The van der Waals surface area contributed by atoms with Crippen LogP contribution in [0.1, 0.15) is 29.3 Å². The molecule has 0 bridgehead atoms. The van der Waals surface area contributed by atoms with Crippen LogP contribution in [0.25, 0.3) is 16.5 Å². The number of amides is 1. The minimum Gasteiger partial charge on any atom is -0.360 e. The Balaban J connectivity index is 1.57. The zero-order valence-corrected chi connectivity index (χ0v) is 17.6. The van der Waals surface area contributed by atoms with E-state index in [2.05, 4.69) is 9.71 Å². The predicted molar refractivity (Wildman–Crippen MR) is 114 cm³/mol. The molecule has 0 fully saturated rings. The summed E-state index contributed by atoms with van der Waals surface area (Å²) in [5.41, 5.74) is 2.35. The first-order valence-electron chi connectivity index (χ1n) is 9.84. The van der Waals surface area contributed by atoms with E-state index in [1.807, 2.05) is 12.3 Å². The fourth-order valence-corrected chi connectivity index (χ4v) is 4.81. The fraction of sp³-hybridized carbons (Fsp3) is 0.227. The maximum atomic E-state index is 14.3. The van der Waals surface area contributed by atoms with E-state index >= 15 is 0 Å². The highest BCUT2D eigenvalue weighted by Crippen LogP contribution is 2.30. The van der Waals surface area contributed by atoms with Crippen molar-refractivity contribution < 1.29 is 22.0 Å². The maximum Gasteiger partial charge on any atom is 0.257 e. The van der Waals surface area contributed by atoms with Crippen LogP contribution in [-0.4, -0.2) is 43.8 Å². The van der Waals surface area contributed by atoms with E-state index in [0.29, 0.717) is 18.5 Å². The monoisotopic (exact) mass is 445 g/mol. The molecule has 2 heterocycles. The van der Waals surface area contributed by atoms with Crippen molar-refractivity contribution in [2.75, 3.05) is 19.6 Å². The van der Waals surface area contributed by atoms with Gasteiger partial charge in [-0.05, 0) is 48.4 Å². The molecule has 9 heteroatoms. The summed E-state index contributed by atoms with van der Waals surface area (Å²) >= 11 is 0. The third kappa shape index (κ3) is 4.11. The van der Waals surface area contributed by atoms with Gasteiger partial charge in [-0.2, -0.15) is 0 Å². The van der Waals surface area contributed by atoms with Crippen LogP contribution in [0.4, 0.5) is 8.78 Å². The molecule has 3 aromatic rings. The van der Waals surface area contributed by atoms with Crippen molar-refractivity contribution >= 4 is 32.4 Å². The van der Waals surface area contributed by atoms with Crippen molar-refractivity contribution in [2.45, 2.75) is 18.2 Å². The molecule has 2 N–H and O–H groups in total. The lowest BCUT2D eigenvalue weighted by Crippen LogP contribution is -2.35. The maximum absolute atomic E-state index is 14.3. The Morgan fingerprint density at radius 2 is 2.00 bits per heavy atom. The lowest BCUT2D eigenvalue weighted by molar-refractivity contribution is 0.0768. The number of nitrogens with one attached hydrogen (secondary N) is 2. The van der Waals surface area contributed by atoms with Gasteiger partial charge in [-0.1, -0.05) is 13.0 Å². The minimum absolute atomic E-state index is 0.154. The number of hydrogen-bond donors (Lipinski definition) is 2. The molecule has 0 aliphatic carbocycles. The number of hydrogen-bond acceptors (Lipinski definition) is 3. The van der Waals surface area contributed by atoms with E-state index < -0.39 is 21.7 Å². The predicted octanol–water partition coefficient (Wildman–Crippen LogP) is 3.67. The van der Waals surface area contributed by atoms with Gasteiger partial charge in [0.1, 0.15) is 11.6 Å². The number of benzene rings is 2. The van der Waals surface area contributed by atoms with E-state index in [1.54, 1.807) is 13.0 Å². The molecule has 31 heavy (non-hydrogen) atoms. The Hall–Kier alpha value is -3.04. The molecule has 162 valence electrons. The van der Waals surface area contributed by atoms with Gasteiger partial charge >= 0.3 is 0 Å². The number of halogens is 2. The van der Waals surface area contributed by atoms with Gasteiger partial charge in [-0.15, -0.1) is 0 Å². The number of rotatable bonds is 5. The van der Waals surface area contributed by atoms with Crippen LogP contribution in [0, 0.1) is 11.6 Å². The molecule has 0 unspecified atom stereocenters. The van der Waals surface area contributed by atoms with E-state index in [4.69, 9.17) is 0 Å². The van der Waals surface area contributed by atoms with Crippen LogP contribution in [0.3, 0.4) is 0 Å². The third-order valence-electron chi connectivity index (χ3n) is 5.30. The number of aromatic nitrogens is 1. The average Bonchev–Trinajstić information content (AvgIpc) is 3.16. The largest absolute Gasteiger partial charge is 0.360 e. The average molecular weight is 445 g/mol. The van der Waals surface area contributed by atoms with E-state index in [1.165, 1.54) is 17.0 Å². The summed E-state index contributed by atoms with van der Waals surface area (Å²) in [5, 5.41) is 0.889. The van der Waals surface area contributed by atoms with Crippen molar-refractivity contribution in [3.63, 3.8) is 0 Å². The Morgan fingerprint density at radius 3 is 2.71 bits per heavy atom. The molecule has 1 aliphatic rings. The second kappa shape index (κ2) is 8.24. The van der Waals surface area contributed by atoms with Gasteiger partial charge in [-0.25, -0.2) is 21.9 Å². The molecule has 4 rings (SSSR count). The molecule has 0 saturated carbocycles. The summed E-state index contributed by atoms with van der Waals surface area (Å²) in [6.07, 6.45) is 4.22. The summed E-state index contributed by atoms with van der Waals surface area (Å²) in [6.45, 7) is 2.42. The molecule has 1 aliphatic heterocycles.